The number of halogens is 1. The SMILES string of the molecule is CCCc1nc(S/C(=C\c2cn(Cc3cccc(Cl)c3)c3ccccc23)C(=O)O)n[nH]1. The van der Waals surface area contributed by atoms with Gasteiger partial charge in [-0.05, 0) is 48.0 Å². The Morgan fingerprint density at radius 2 is 2.10 bits per heavy atom. The van der Waals surface area contributed by atoms with E-state index >= 15 is 0 Å². The molecule has 0 bridgehead atoms. The molecule has 0 amide bonds. The second-order valence-electron chi connectivity index (χ2n) is 7.09. The highest BCUT2D eigenvalue weighted by Gasteiger charge is 2.16. The fourth-order valence-corrected chi connectivity index (χ4v) is 4.33. The number of aryl methyl sites for hydroxylation is 1. The Balaban J connectivity index is 1.69. The summed E-state index contributed by atoms with van der Waals surface area (Å²) in [4.78, 5) is 16.5. The molecule has 2 aromatic heterocycles. The largest absolute Gasteiger partial charge is 0.477 e. The lowest BCUT2D eigenvalue weighted by atomic mass is 10.1. The minimum atomic E-state index is -1.02. The molecule has 0 aliphatic carbocycles. The first-order valence-corrected chi connectivity index (χ1v) is 11.1. The Morgan fingerprint density at radius 3 is 2.87 bits per heavy atom. The zero-order valence-electron chi connectivity index (χ0n) is 16.9. The van der Waals surface area contributed by atoms with Gasteiger partial charge in [0.25, 0.3) is 0 Å². The normalized spacial score (nSPS) is 11.9. The van der Waals surface area contributed by atoms with Crippen LogP contribution in [0.15, 0.2) is 64.8 Å². The molecule has 4 aromatic rings. The van der Waals surface area contributed by atoms with E-state index in [0.717, 1.165) is 52.5 Å². The summed E-state index contributed by atoms with van der Waals surface area (Å²) in [7, 11) is 0. The lowest BCUT2D eigenvalue weighted by Gasteiger charge is -2.05. The molecule has 8 heteroatoms. The van der Waals surface area contributed by atoms with Crippen LogP contribution in [0.2, 0.25) is 5.02 Å². The molecule has 158 valence electrons. The van der Waals surface area contributed by atoms with Gasteiger partial charge in [0.05, 0.1) is 0 Å². The number of carbonyl (C=O) groups is 1. The molecule has 0 saturated heterocycles. The summed E-state index contributed by atoms with van der Waals surface area (Å²) in [5.41, 5.74) is 2.92. The van der Waals surface area contributed by atoms with E-state index in [0.29, 0.717) is 16.7 Å². The summed E-state index contributed by atoms with van der Waals surface area (Å²) in [6.45, 7) is 2.68. The average molecular weight is 453 g/mol. The summed E-state index contributed by atoms with van der Waals surface area (Å²) in [6, 6.07) is 15.7. The van der Waals surface area contributed by atoms with Crippen LogP contribution in [0.1, 0.15) is 30.3 Å². The van der Waals surface area contributed by atoms with Gasteiger partial charge in [-0.25, -0.2) is 9.78 Å². The Morgan fingerprint density at radius 1 is 1.26 bits per heavy atom. The molecule has 0 aliphatic heterocycles. The van der Waals surface area contributed by atoms with Crippen molar-refractivity contribution in [3.8, 4) is 0 Å². The number of para-hydroxylation sites is 1. The molecule has 6 nitrogen and oxygen atoms in total. The van der Waals surface area contributed by atoms with Crippen molar-refractivity contribution in [1.82, 2.24) is 19.7 Å². The Labute approximate surface area is 189 Å². The van der Waals surface area contributed by atoms with E-state index in [-0.39, 0.29) is 4.91 Å². The molecule has 4 rings (SSSR count). The molecule has 0 fully saturated rings. The zero-order chi connectivity index (χ0) is 21.8. The predicted octanol–water partition coefficient (Wildman–Crippen LogP) is 5.63. The van der Waals surface area contributed by atoms with Crippen molar-refractivity contribution in [3.05, 3.63) is 81.6 Å². The number of hydrogen-bond acceptors (Lipinski definition) is 4. The number of hydrogen-bond donors (Lipinski definition) is 2. The lowest BCUT2D eigenvalue weighted by Crippen LogP contribution is -1.98. The highest BCUT2D eigenvalue weighted by molar-refractivity contribution is 8.04. The van der Waals surface area contributed by atoms with Crippen LogP contribution in [-0.4, -0.2) is 30.8 Å². The third-order valence-electron chi connectivity index (χ3n) is 4.76. The number of rotatable bonds is 8. The van der Waals surface area contributed by atoms with Gasteiger partial charge in [-0.3, -0.25) is 5.10 Å². The Bertz CT molecular complexity index is 1260. The second kappa shape index (κ2) is 9.41. The summed E-state index contributed by atoms with van der Waals surface area (Å²) < 4.78 is 2.10. The van der Waals surface area contributed by atoms with Crippen LogP contribution in [0.4, 0.5) is 0 Å². The smallest absolute Gasteiger partial charge is 0.342 e. The third kappa shape index (κ3) is 5.00. The summed E-state index contributed by atoms with van der Waals surface area (Å²) in [5.74, 6) is -0.258. The van der Waals surface area contributed by atoms with Crippen molar-refractivity contribution in [3.63, 3.8) is 0 Å². The van der Waals surface area contributed by atoms with Gasteiger partial charge in [-0.1, -0.05) is 48.9 Å². The van der Waals surface area contributed by atoms with E-state index in [4.69, 9.17) is 11.6 Å². The van der Waals surface area contributed by atoms with Gasteiger partial charge in [0.2, 0.25) is 5.16 Å². The number of thioether (sulfide) groups is 1. The highest BCUT2D eigenvalue weighted by Crippen LogP contribution is 2.30. The summed E-state index contributed by atoms with van der Waals surface area (Å²) in [5, 5.41) is 18.8. The number of aromatic amines is 1. The lowest BCUT2D eigenvalue weighted by molar-refractivity contribution is -0.131. The van der Waals surface area contributed by atoms with Gasteiger partial charge in [0.15, 0.2) is 0 Å². The molecule has 0 saturated carbocycles. The minimum Gasteiger partial charge on any atom is -0.477 e. The zero-order valence-corrected chi connectivity index (χ0v) is 18.5. The molecule has 2 N–H and O–H groups in total. The monoisotopic (exact) mass is 452 g/mol. The number of fused-ring (bicyclic) bond motifs is 1. The van der Waals surface area contributed by atoms with Crippen LogP contribution < -0.4 is 0 Å². The first-order chi connectivity index (χ1) is 15.0. The first-order valence-electron chi connectivity index (χ1n) is 9.90. The Kier molecular flexibility index (Phi) is 6.44. The van der Waals surface area contributed by atoms with E-state index in [1.165, 1.54) is 0 Å². The van der Waals surface area contributed by atoms with Gasteiger partial charge >= 0.3 is 5.97 Å². The first kappa shape index (κ1) is 21.2. The molecule has 0 atom stereocenters. The van der Waals surface area contributed by atoms with Crippen LogP contribution in [0.5, 0.6) is 0 Å². The number of aliphatic carboxylic acids is 1. The number of nitrogens with zero attached hydrogens (tertiary/aromatic N) is 3. The van der Waals surface area contributed by atoms with Crippen molar-refractivity contribution >= 4 is 46.3 Å². The number of benzene rings is 2. The maximum absolute atomic E-state index is 11.9. The minimum absolute atomic E-state index is 0.160. The number of carboxylic acids is 1. The molecule has 0 radical (unpaired) electrons. The molecule has 0 aliphatic rings. The number of carboxylic acid groups (broad SMARTS) is 1. The van der Waals surface area contributed by atoms with Crippen molar-refractivity contribution < 1.29 is 9.90 Å². The van der Waals surface area contributed by atoms with Gasteiger partial charge in [0.1, 0.15) is 10.7 Å². The van der Waals surface area contributed by atoms with Crippen molar-refractivity contribution in [1.29, 1.82) is 0 Å². The van der Waals surface area contributed by atoms with Crippen LogP contribution >= 0.6 is 23.4 Å². The van der Waals surface area contributed by atoms with Gasteiger partial charge in [-0.15, -0.1) is 5.10 Å². The molecule has 31 heavy (non-hydrogen) atoms. The van der Waals surface area contributed by atoms with E-state index < -0.39 is 5.97 Å². The van der Waals surface area contributed by atoms with Crippen LogP contribution in [0, 0.1) is 0 Å². The average Bonchev–Trinajstić information content (AvgIpc) is 3.33. The molecular weight excluding hydrogens is 432 g/mol. The second-order valence-corrected chi connectivity index (χ2v) is 8.54. The van der Waals surface area contributed by atoms with Gasteiger partial charge in [0, 0.05) is 40.7 Å². The predicted molar refractivity (Wildman–Crippen MR) is 124 cm³/mol. The maximum atomic E-state index is 11.9. The van der Waals surface area contributed by atoms with E-state index in [1.807, 2.05) is 54.7 Å². The molecule has 2 aromatic carbocycles. The van der Waals surface area contributed by atoms with E-state index in [2.05, 4.69) is 26.7 Å². The quantitative estimate of drug-likeness (QED) is 0.267. The van der Waals surface area contributed by atoms with E-state index in [1.54, 1.807) is 6.08 Å². The molecular formula is C23H21ClN4O2S. The number of aromatic nitrogens is 4. The fraction of sp³-hybridized carbons (Fsp3) is 0.174. The van der Waals surface area contributed by atoms with Crippen LogP contribution in [-0.2, 0) is 17.8 Å². The van der Waals surface area contributed by atoms with Crippen molar-refractivity contribution in [2.45, 2.75) is 31.5 Å². The summed E-state index contributed by atoms with van der Waals surface area (Å²) >= 11 is 7.18. The van der Waals surface area contributed by atoms with E-state index in [9.17, 15) is 9.90 Å². The van der Waals surface area contributed by atoms with Gasteiger partial charge in [-0.2, -0.15) is 0 Å². The standard InChI is InChI=1S/C23H21ClN4O2S/c1-2-6-21-25-23(27-26-21)31-20(22(29)30)12-16-14-28(19-10-4-3-9-18(16)19)13-15-7-5-8-17(24)11-15/h3-5,7-12,14H,2,6,13H2,1H3,(H,29,30)(H,25,26,27)/b20-12-. The number of H-pyrrole nitrogens is 1. The Hall–Kier alpha value is -3.03. The van der Waals surface area contributed by atoms with Gasteiger partial charge < -0.3 is 9.67 Å². The van der Waals surface area contributed by atoms with Crippen LogP contribution in [0.3, 0.4) is 0 Å². The fourth-order valence-electron chi connectivity index (χ4n) is 3.40. The molecule has 0 spiro atoms. The summed E-state index contributed by atoms with van der Waals surface area (Å²) in [6.07, 6.45) is 5.36. The number of nitrogens with one attached hydrogen (secondary N) is 1. The maximum Gasteiger partial charge on any atom is 0.342 e. The van der Waals surface area contributed by atoms with Crippen molar-refractivity contribution in [2.75, 3.05) is 0 Å². The molecule has 0 unspecified atom stereocenters. The molecule has 2 heterocycles. The van der Waals surface area contributed by atoms with Crippen LogP contribution in [0.25, 0.3) is 17.0 Å². The third-order valence-corrected chi connectivity index (χ3v) is 5.87. The topological polar surface area (TPSA) is 83.8 Å². The highest BCUT2D eigenvalue weighted by atomic mass is 35.5. The van der Waals surface area contributed by atoms with Crippen molar-refractivity contribution in [2.24, 2.45) is 0 Å².